The lowest BCUT2D eigenvalue weighted by molar-refractivity contribution is -0.138. The molecule has 0 fully saturated rings. The Hall–Kier alpha value is -0.570. The molecule has 0 aliphatic heterocycles. The summed E-state index contributed by atoms with van der Waals surface area (Å²) in [6, 6.07) is 0. The van der Waals surface area contributed by atoms with Crippen LogP contribution in [0.5, 0.6) is 0 Å². The molecule has 0 spiro atoms. The third-order valence-corrected chi connectivity index (χ3v) is 2.43. The Morgan fingerprint density at radius 3 is 2.33 bits per heavy atom. The maximum absolute atomic E-state index is 10.9. The van der Waals surface area contributed by atoms with Gasteiger partial charge in [-0.05, 0) is 18.8 Å². The minimum absolute atomic E-state index is 0.336. The minimum atomic E-state index is -1.30. The standard InChI is InChI=1S/C9H19NO2/c1-4-7(3)6-9(12,5-2)8(10)11/h7,12H,4-6H2,1-3H3,(H2,10,11). The Morgan fingerprint density at radius 1 is 1.58 bits per heavy atom. The molecule has 3 heteroatoms. The summed E-state index contributed by atoms with van der Waals surface area (Å²) >= 11 is 0. The highest BCUT2D eigenvalue weighted by molar-refractivity contribution is 5.83. The zero-order valence-electron chi connectivity index (χ0n) is 8.13. The molecule has 12 heavy (non-hydrogen) atoms. The number of nitrogens with two attached hydrogens (primary N) is 1. The van der Waals surface area contributed by atoms with E-state index < -0.39 is 11.5 Å². The molecule has 0 aliphatic rings. The smallest absolute Gasteiger partial charge is 0.249 e. The predicted molar refractivity (Wildman–Crippen MR) is 48.5 cm³/mol. The lowest BCUT2D eigenvalue weighted by Crippen LogP contribution is -2.44. The van der Waals surface area contributed by atoms with Crippen LogP contribution in [-0.2, 0) is 4.79 Å². The van der Waals surface area contributed by atoms with E-state index >= 15 is 0 Å². The first-order valence-electron chi connectivity index (χ1n) is 4.48. The summed E-state index contributed by atoms with van der Waals surface area (Å²) < 4.78 is 0. The highest BCUT2D eigenvalue weighted by atomic mass is 16.3. The van der Waals surface area contributed by atoms with Gasteiger partial charge in [0.05, 0.1) is 0 Å². The lowest BCUT2D eigenvalue weighted by atomic mass is 9.87. The number of amides is 1. The molecule has 0 aromatic heterocycles. The molecule has 3 nitrogen and oxygen atoms in total. The Bertz CT molecular complexity index is 159. The van der Waals surface area contributed by atoms with Crippen molar-refractivity contribution in [2.45, 2.75) is 45.6 Å². The summed E-state index contributed by atoms with van der Waals surface area (Å²) in [7, 11) is 0. The number of carbonyl (C=O) groups is 1. The second kappa shape index (κ2) is 4.45. The SMILES string of the molecule is CCC(C)CC(O)(CC)C(N)=O. The number of primary amides is 1. The molecule has 0 saturated carbocycles. The number of carbonyl (C=O) groups excluding carboxylic acids is 1. The van der Waals surface area contributed by atoms with Gasteiger partial charge in [0.15, 0.2) is 0 Å². The quantitative estimate of drug-likeness (QED) is 0.652. The van der Waals surface area contributed by atoms with E-state index in [9.17, 15) is 9.90 Å². The maximum Gasteiger partial charge on any atom is 0.249 e. The van der Waals surface area contributed by atoms with Gasteiger partial charge in [0.2, 0.25) is 5.91 Å². The van der Waals surface area contributed by atoms with Gasteiger partial charge in [-0.3, -0.25) is 4.79 Å². The molecule has 0 radical (unpaired) electrons. The van der Waals surface area contributed by atoms with Crippen LogP contribution in [0.2, 0.25) is 0 Å². The lowest BCUT2D eigenvalue weighted by Gasteiger charge is -2.25. The molecule has 0 aliphatic carbocycles. The molecule has 72 valence electrons. The van der Waals surface area contributed by atoms with Gasteiger partial charge in [0, 0.05) is 0 Å². The number of hydrogen-bond donors (Lipinski definition) is 2. The normalized spacial score (nSPS) is 18.3. The first-order valence-corrected chi connectivity index (χ1v) is 4.48. The number of rotatable bonds is 5. The van der Waals surface area contributed by atoms with E-state index in [-0.39, 0.29) is 0 Å². The fourth-order valence-corrected chi connectivity index (χ4v) is 1.14. The van der Waals surface area contributed by atoms with Gasteiger partial charge in [0.1, 0.15) is 5.60 Å². The van der Waals surface area contributed by atoms with Crippen molar-refractivity contribution in [3.8, 4) is 0 Å². The van der Waals surface area contributed by atoms with Crippen molar-refractivity contribution in [1.29, 1.82) is 0 Å². The van der Waals surface area contributed by atoms with Gasteiger partial charge < -0.3 is 10.8 Å². The van der Waals surface area contributed by atoms with E-state index in [0.29, 0.717) is 18.8 Å². The maximum atomic E-state index is 10.9. The van der Waals surface area contributed by atoms with Crippen LogP contribution in [0.3, 0.4) is 0 Å². The van der Waals surface area contributed by atoms with Crippen molar-refractivity contribution in [3.63, 3.8) is 0 Å². The largest absolute Gasteiger partial charge is 0.380 e. The topological polar surface area (TPSA) is 63.3 Å². The van der Waals surface area contributed by atoms with Crippen molar-refractivity contribution in [2.24, 2.45) is 11.7 Å². The van der Waals surface area contributed by atoms with Gasteiger partial charge in [-0.2, -0.15) is 0 Å². The average Bonchev–Trinajstić information content (AvgIpc) is 2.03. The molecule has 0 bridgehead atoms. The van der Waals surface area contributed by atoms with Gasteiger partial charge in [-0.25, -0.2) is 0 Å². The highest BCUT2D eigenvalue weighted by Crippen LogP contribution is 2.21. The van der Waals surface area contributed by atoms with Crippen LogP contribution in [0.25, 0.3) is 0 Å². The van der Waals surface area contributed by atoms with Crippen molar-refractivity contribution in [2.75, 3.05) is 0 Å². The van der Waals surface area contributed by atoms with Crippen LogP contribution in [0.15, 0.2) is 0 Å². The van der Waals surface area contributed by atoms with Crippen LogP contribution < -0.4 is 5.73 Å². The van der Waals surface area contributed by atoms with E-state index in [1.54, 1.807) is 6.92 Å². The molecule has 3 N–H and O–H groups in total. The molecular formula is C9H19NO2. The fourth-order valence-electron chi connectivity index (χ4n) is 1.14. The van der Waals surface area contributed by atoms with E-state index in [1.165, 1.54) is 0 Å². The van der Waals surface area contributed by atoms with Gasteiger partial charge in [0.25, 0.3) is 0 Å². The predicted octanol–water partition coefficient (Wildman–Crippen LogP) is 1.05. The first kappa shape index (κ1) is 11.4. The zero-order valence-corrected chi connectivity index (χ0v) is 8.13. The van der Waals surface area contributed by atoms with E-state index in [1.807, 2.05) is 13.8 Å². The van der Waals surface area contributed by atoms with Crippen LogP contribution in [0.4, 0.5) is 0 Å². The summed E-state index contributed by atoms with van der Waals surface area (Å²) in [4.78, 5) is 10.9. The summed E-state index contributed by atoms with van der Waals surface area (Å²) in [5.41, 5.74) is 3.80. The first-order chi connectivity index (χ1) is 5.46. The van der Waals surface area contributed by atoms with Crippen LogP contribution >= 0.6 is 0 Å². The van der Waals surface area contributed by atoms with Crippen molar-refractivity contribution in [3.05, 3.63) is 0 Å². The van der Waals surface area contributed by atoms with Crippen molar-refractivity contribution >= 4 is 5.91 Å². The van der Waals surface area contributed by atoms with E-state index in [0.717, 1.165) is 6.42 Å². The zero-order chi connectivity index (χ0) is 9.78. The molecular weight excluding hydrogens is 154 g/mol. The Morgan fingerprint density at radius 2 is 2.08 bits per heavy atom. The Kier molecular flexibility index (Phi) is 4.24. The molecule has 0 rings (SSSR count). The minimum Gasteiger partial charge on any atom is -0.380 e. The van der Waals surface area contributed by atoms with E-state index in [2.05, 4.69) is 0 Å². The summed E-state index contributed by atoms with van der Waals surface area (Å²) in [6.07, 6.45) is 1.82. The number of hydrogen-bond acceptors (Lipinski definition) is 2. The van der Waals surface area contributed by atoms with E-state index in [4.69, 9.17) is 5.73 Å². The van der Waals surface area contributed by atoms with Crippen LogP contribution in [-0.4, -0.2) is 16.6 Å². The van der Waals surface area contributed by atoms with Crippen molar-refractivity contribution < 1.29 is 9.90 Å². The molecule has 1 amide bonds. The monoisotopic (exact) mass is 173 g/mol. The third kappa shape index (κ3) is 2.81. The van der Waals surface area contributed by atoms with Crippen molar-refractivity contribution in [1.82, 2.24) is 0 Å². The second-order valence-electron chi connectivity index (χ2n) is 3.47. The third-order valence-electron chi connectivity index (χ3n) is 2.43. The molecule has 2 atom stereocenters. The van der Waals surface area contributed by atoms with Gasteiger partial charge in [-0.15, -0.1) is 0 Å². The van der Waals surface area contributed by atoms with Gasteiger partial charge >= 0.3 is 0 Å². The summed E-state index contributed by atoms with van der Waals surface area (Å²) in [5, 5.41) is 9.72. The molecule has 2 unspecified atom stereocenters. The number of aliphatic hydroxyl groups is 1. The molecule has 0 heterocycles. The average molecular weight is 173 g/mol. The highest BCUT2D eigenvalue weighted by Gasteiger charge is 2.32. The van der Waals surface area contributed by atoms with Gasteiger partial charge in [-0.1, -0.05) is 27.2 Å². The van der Waals surface area contributed by atoms with Crippen LogP contribution in [0, 0.1) is 5.92 Å². The van der Waals surface area contributed by atoms with Crippen LogP contribution in [0.1, 0.15) is 40.0 Å². The fraction of sp³-hybridized carbons (Fsp3) is 0.889. The summed E-state index contributed by atoms with van der Waals surface area (Å²) in [6.45, 7) is 5.80. The Labute approximate surface area is 74.0 Å². The molecule has 0 saturated heterocycles. The summed E-state index contributed by atoms with van der Waals surface area (Å²) in [5.74, 6) is -0.271. The molecule has 0 aromatic carbocycles. The second-order valence-corrected chi connectivity index (χ2v) is 3.47. The Balaban J connectivity index is 4.23. The molecule has 0 aromatic rings.